The highest BCUT2D eigenvalue weighted by Gasteiger charge is 1.99. The maximum absolute atomic E-state index is 11.3. The summed E-state index contributed by atoms with van der Waals surface area (Å²) in [4.78, 5) is 11.3. The molecule has 0 spiro atoms. The lowest BCUT2D eigenvalue weighted by molar-refractivity contribution is 0.101. The van der Waals surface area contributed by atoms with E-state index in [4.69, 9.17) is 4.11 Å². The zero-order valence-electron chi connectivity index (χ0n) is 8.50. The van der Waals surface area contributed by atoms with Crippen LogP contribution in [0.2, 0.25) is 0 Å². The molecule has 0 fully saturated rings. The molecule has 52 valence electrons. The highest BCUT2D eigenvalue weighted by atomic mass is 16.1. The van der Waals surface area contributed by atoms with Gasteiger partial charge in [0.05, 0.1) is 0 Å². The van der Waals surface area contributed by atoms with Crippen LogP contribution in [0.4, 0.5) is 0 Å². The van der Waals surface area contributed by atoms with Gasteiger partial charge in [0.2, 0.25) is 0 Å². The van der Waals surface area contributed by atoms with Crippen molar-refractivity contribution >= 4 is 5.78 Å². The third-order valence-electron chi connectivity index (χ3n) is 1.28. The van der Waals surface area contributed by atoms with Crippen molar-refractivity contribution in [2.24, 2.45) is 0 Å². The highest BCUT2D eigenvalue weighted by molar-refractivity contribution is 5.95. The molecular weight excluding hydrogens is 124 g/mol. The number of ketones is 1. The predicted octanol–water partition coefficient (Wildman–Crippen LogP) is 2.20. The van der Waals surface area contributed by atoms with Crippen molar-refractivity contribution in [3.05, 3.63) is 35.4 Å². The second-order valence-corrected chi connectivity index (χ2v) is 2.02. The van der Waals surface area contributed by atoms with Gasteiger partial charge in [-0.1, -0.05) is 24.3 Å². The first-order chi connectivity index (χ1) is 6.16. The summed E-state index contributed by atoms with van der Waals surface area (Å²) in [7, 11) is 0. The van der Waals surface area contributed by atoms with Crippen LogP contribution in [0, 0.1) is 6.90 Å². The summed E-state index contributed by atoms with van der Waals surface area (Å²) in [6, 6.07) is 6.64. The van der Waals surface area contributed by atoms with Gasteiger partial charge >= 0.3 is 0 Å². The first-order valence-electron chi connectivity index (χ1n) is 4.79. The molecule has 0 bridgehead atoms. The van der Waals surface area contributed by atoms with Gasteiger partial charge in [-0.3, -0.25) is 4.79 Å². The van der Waals surface area contributed by atoms with Crippen LogP contribution in [0.5, 0.6) is 0 Å². The molecule has 0 atom stereocenters. The van der Waals surface area contributed by atoms with Crippen LogP contribution in [-0.2, 0) is 0 Å². The maximum atomic E-state index is 11.3. The lowest BCUT2D eigenvalue weighted by atomic mass is 10.1. The molecule has 0 saturated heterocycles. The molecule has 0 amide bonds. The van der Waals surface area contributed by atoms with Gasteiger partial charge in [-0.15, -0.1) is 0 Å². The molecule has 1 aromatic rings. The van der Waals surface area contributed by atoms with E-state index in [1.165, 1.54) is 0 Å². The average Bonchev–Trinajstić information content (AvgIpc) is 2.16. The van der Waals surface area contributed by atoms with E-state index in [-0.39, 0.29) is 6.90 Å². The van der Waals surface area contributed by atoms with Crippen LogP contribution >= 0.6 is 0 Å². The molecule has 0 aliphatic carbocycles. The molecule has 0 aliphatic heterocycles. The number of hydrogen-bond acceptors (Lipinski definition) is 1. The molecule has 0 unspecified atom stereocenters. The number of carbonyl (C=O) groups excluding carboxylic acids is 1. The Bertz CT molecular complexity index is 309. The number of rotatable bonds is 1. The number of Topliss-reactive ketones (excluding diaryl/α,β-unsaturated/α-hetero) is 1. The Labute approximate surface area is 64.9 Å². The first kappa shape index (κ1) is 3.91. The van der Waals surface area contributed by atoms with Gasteiger partial charge < -0.3 is 0 Å². The van der Waals surface area contributed by atoms with E-state index >= 15 is 0 Å². The molecule has 1 nitrogen and oxygen atoms in total. The molecule has 1 rings (SSSR count). The fourth-order valence-corrected chi connectivity index (χ4v) is 0.761. The van der Waals surface area contributed by atoms with Crippen molar-refractivity contribution in [3.8, 4) is 0 Å². The van der Waals surface area contributed by atoms with Crippen LogP contribution in [-0.4, -0.2) is 5.78 Å². The van der Waals surface area contributed by atoms with Crippen LogP contribution in [0.25, 0.3) is 0 Å². The monoisotopic (exact) mass is 137 g/mol. The van der Waals surface area contributed by atoms with E-state index in [0.29, 0.717) is 11.1 Å². The first-order valence-corrected chi connectivity index (χ1v) is 2.92. The molecule has 0 heterocycles. The normalized spacial score (nSPS) is 13.9. The van der Waals surface area contributed by atoms with Crippen LogP contribution in [0.3, 0.4) is 0 Å². The molecular formula is C9H10O. The largest absolute Gasteiger partial charge is 0.295 e. The van der Waals surface area contributed by atoms with Gasteiger partial charge in [0.25, 0.3) is 0 Å². The Kier molecular flexibility index (Phi) is 1.04. The number of carbonyl (C=O) groups is 1. The molecule has 1 aromatic carbocycles. The Balaban J connectivity index is 3.06. The van der Waals surface area contributed by atoms with E-state index in [2.05, 4.69) is 0 Å². The van der Waals surface area contributed by atoms with Crippen molar-refractivity contribution in [1.82, 2.24) is 0 Å². The zero-order chi connectivity index (χ0) is 9.84. The van der Waals surface area contributed by atoms with Gasteiger partial charge in [0, 0.05) is 9.68 Å². The topological polar surface area (TPSA) is 17.1 Å². The van der Waals surface area contributed by atoms with E-state index in [1.807, 2.05) is 0 Å². The lowest BCUT2D eigenvalue weighted by Crippen LogP contribution is -1.93. The number of benzene rings is 1. The van der Waals surface area contributed by atoms with Crippen molar-refractivity contribution < 1.29 is 8.91 Å². The Morgan fingerprint density at radius 1 is 1.50 bits per heavy atom. The standard InChI is InChI=1S/C9H10O/c1-7-5-3-4-6-9(7)8(2)10/h3-6H,1-2H3/i1D,2D2. The third kappa shape index (κ3) is 1.24. The summed E-state index contributed by atoms with van der Waals surface area (Å²) >= 11 is 0. The summed E-state index contributed by atoms with van der Waals surface area (Å²) in [6.07, 6.45) is 0. The quantitative estimate of drug-likeness (QED) is 0.542. The Morgan fingerprint density at radius 3 is 3.00 bits per heavy atom. The summed E-state index contributed by atoms with van der Waals surface area (Å²) in [5.74, 6) is -0.539. The fraction of sp³-hybridized carbons (Fsp3) is 0.222. The van der Waals surface area contributed by atoms with Crippen molar-refractivity contribution in [2.75, 3.05) is 0 Å². The second kappa shape index (κ2) is 2.65. The smallest absolute Gasteiger partial charge is 0.160 e. The van der Waals surface area contributed by atoms with Crippen LogP contribution in [0.1, 0.15) is 26.9 Å². The summed E-state index contributed by atoms with van der Waals surface area (Å²) < 4.78 is 21.0. The molecule has 0 aromatic heterocycles. The maximum Gasteiger partial charge on any atom is 0.160 e. The lowest BCUT2D eigenvalue weighted by Gasteiger charge is -1.97. The second-order valence-electron chi connectivity index (χ2n) is 2.02. The van der Waals surface area contributed by atoms with Gasteiger partial charge in [0.1, 0.15) is 0 Å². The molecule has 0 saturated carbocycles. The van der Waals surface area contributed by atoms with E-state index < -0.39 is 12.7 Å². The summed E-state index contributed by atoms with van der Waals surface area (Å²) in [5, 5.41) is 0. The minimum atomic E-state index is -1.49. The van der Waals surface area contributed by atoms with Crippen molar-refractivity contribution in [2.45, 2.75) is 13.8 Å². The molecule has 10 heavy (non-hydrogen) atoms. The highest BCUT2D eigenvalue weighted by Crippen LogP contribution is 2.06. The number of hydrogen-bond donors (Lipinski definition) is 0. The van der Waals surface area contributed by atoms with Gasteiger partial charge in [0.15, 0.2) is 5.78 Å². The molecule has 1 heteroatoms. The zero-order valence-corrected chi connectivity index (χ0v) is 5.50. The minimum Gasteiger partial charge on any atom is -0.295 e. The molecule has 0 N–H and O–H groups in total. The van der Waals surface area contributed by atoms with Gasteiger partial charge in [-0.25, -0.2) is 0 Å². The van der Waals surface area contributed by atoms with Crippen LogP contribution < -0.4 is 0 Å². The molecule has 0 radical (unpaired) electrons. The Morgan fingerprint density at radius 2 is 2.30 bits per heavy atom. The van der Waals surface area contributed by atoms with Crippen molar-refractivity contribution in [3.63, 3.8) is 0 Å². The van der Waals surface area contributed by atoms with E-state index in [1.54, 1.807) is 24.3 Å². The SMILES string of the molecule is [2H]Cc1ccccc1C(=O)C([2H])[2H]. The fourth-order valence-electron chi connectivity index (χ4n) is 0.761. The van der Waals surface area contributed by atoms with Gasteiger partial charge in [-0.2, -0.15) is 0 Å². The summed E-state index contributed by atoms with van der Waals surface area (Å²) in [6.45, 7) is -1.48. The summed E-state index contributed by atoms with van der Waals surface area (Å²) in [5.41, 5.74) is 0.907. The number of aryl methyl sites for hydroxylation is 1. The minimum absolute atomic E-state index is 0.00856. The Hall–Kier alpha value is -1.11. The van der Waals surface area contributed by atoms with E-state index in [9.17, 15) is 4.79 Å². The third-order valence-corrected chi connectivity index (χ3v) is 1.28. The van der Waals surface area contributed by atoms with Crippen LogP contribution in [0.15, 0.2) is 24.3 Å². The van der Waals surface area contributed by atoms with E-state index in [0.717, 1.165) is 0 Å². The predicted molar refractivity (Wildman–Crippen MR) is 41.2 cm³/mol. The van der Waals surface area contributed by atoms with Crippen molar-refractivity contribution in [1.29, 1.82) is 0 Å². The molecule has 0 aliphatic rings. The average molecular weight is 137 g/mol. The van der Waals surface area contributed by atoms with Gasteiger partial charge in [-0.05, 0) is 19.3 Å².